The lowest BCUT2D eigenvalue weighted by atomic mass is 9.92. The van der Waals surface area contributed by atoms with Gasteiger partial charge in [0.1, 0.15) is 19.1 Å². The Hall–Kier alpha value is -3.63. The molecule has 246 valence electrons. The van der Waals surface area contributed by atoms with Crippen LogP contribution in [0.1, 0.15) is 44.2 Å². The van der Waals surface area contributed by atoms with Gasteiger partial charge in [0, 0.05) is 54.5 Å². The van der Waals surface area contributed by atoms with Crippen molar-refractivity contribution in [2.24, 2.45) is 0 Å². The molecule has 0 saturated heterocycles. The summed E-state index contributed by atoms with van der Waals surface area (Å²) in [6.45, 7) is 14.9. The van der Waals surface area contributed by atoms with Crippen LogP contribution in [0.4, 0.5) is 0 Å². The monoisotopic (exact) mass is 690 g/mol. The van der Waals surface area contributed by atoms with Crippen molar-refractivity contribution in [1.29, 1.82) is 0 Å². The molecule has 0 atom stereocenters. The Labute approximate surface area is 286 Å². The first-order chi connectivity index (χ1) is 22.4. The third-order valence-electron chi connectivity index (χ3n) is 8.71. The highest BCUT2D eigenvalue weighted by Crippen LogP contribution is 2.42. The first kappa shape index (κ1) is 33.3. The number of fused-ring (bicyclic) bond motifs is 2. The lowest BCUT2D eigenvalue weighted by Crippen LogP contribution is -2.37. The summed E-state index contributed by atoms with van der Waals surface area (Å²) in [6.07, 6.45) is 2.59. The van der Waals surface area contributed by atoms with Gasteiger partial charge in [-0.2, -0.15) is 0 Å². The molecule has 2 aromatic carbocycles. The van der Waals surface area contributed by atoms with Gasteiger partial charge in [-0.05, 0) is 56.5 Å². The summed E-state index contributed by atoms with van der Waals surface area (Å²) in [5, 5.41) is 5.91. The molecule has 1 aliphatic rings. The van der Waals surface area contributed by atoms with Crippen molar-refractivity contribution >= 4 is 48.1 Å². The third kappa shape index (κ3) is 6.85. The van der Waals surface area contributed by atoms with Gasteiger partial charge in [-0.25, -0.2) is 4.98 Å². The zero-order valence-electron chi connectivity index (χ0n) is 27.7. The van der Waals surface area contributed by atoms with E-state index in [1.54, 1.807) is 0 Å². The number of hydrogen-bond donors (Lipinski definition) is 0. The highest BCUT2D eigenvalue weighted by molar-refractivity contribution is 6.76. The van der Waals surface area contributed by atoms with E-state index in [-0.39, 0.29) is 12.5 Å². The van der Waals surface area contributed by atoms with Crippen LogP contribution in [0.2, 0.25) is 35.7 Å². The van der Waals surface area contributed by atoms with Crippen LogP contribution in [-0.4, -0.2) is 46.7 Å². The number of aromatic nitrogens is 3. The number of rotatable bonds is 11. The van der Waals surface area contributed by atoms with Crippen LogP contribution in [0.5, 0.6) is 5.88 Å². The normalized spacial score (nSPS) is 13.4. The number of carbonyl (C=O) groups excluding carboxylic acids is 1. The molecule has 0 radical (unpaired) electrons. The van der Waals surface area contributed by atoms with Crippen molar-refractivity contribution < 1.29 is 18.8 Å². The summed E-state index contributed by atoms with van der Waals surface area (Å²) in [5.74, 6) is 0.926. The third-order valence-corrected chi connectivity index (χ3v) is 11.1. The number of hydrogen-bond acceptors (Lipinski definition) is 6. The molecular formula is C36H40Cl2N4O4Si. The Morgan fingerprint density at radius 1 is 1.02 bits per heavy atom. The molecular weight excluding hydrogens is 651 g/mol. The zero-order valence-corrected chi connectivity index (χ0v) is 30.3. The standard InChI is InChI=1S/C36H40Cl2N4O4Si/c1-22-31(24(3)46-40-22)28-18-30(37)27-13-14-41(36(43)32(27)33(28)38)19-29-26-12-15-42(21-44-16-17-47(4,5)6)34(26)23(2)39-35(29)45-20-25-10-8-7-9-11-25/h7-12,15,18H,13-14,16-17,19-21H2,1-6H3. The molecule has 0 saturated carbocycles. The minimum Gasteiger partial charge on any atom is -0.473 e. The molecule has 1 aliphatic heterocycles. The maximum Gasteiger partial charge on any atom is 0.256 e. The average Bonchev–Trinajstić information content (AvgIpc) is 3.61. The highest BCUT2D eigenvalue weighted by Gasteiger charge is 2.33. The van der Waals surface area contributed by atoms with E-state index in [1.807, 2.05) is 68.3 Å². The Kier molecular flexibility index (Phi) is 9.54. The second-order valence-corrected chi connectivity index (χ2v) is 19.8. The molecule has 6 rings (SSSR count). The van der Waals surface area contributed by atoms with Crippen molar-refractivity contribution in [3.05, 3.63) is 98.1 Å². The minimum absolute atomic E-state index is 0.191. The molecule has 4 heterocycles. The van der Waals surface area contributed by atoms with E-state index < -0.39 is 8.07 Å². The van der Waals surface area contributed by atoms with E-state index >= 15 is 0 Å². The van der Waals surface area contributed by atoms with Gasteiger partial charge in [0.15, 0.2) is 0 Å². The molecule has 0 fully saturated rings. The van der Waals surface area contributed by atoms with Crippen molar-refractivity contribution in [2.75, 3.05) is 13.2 Å². The topological polar surface area (TPSA) is 82.6 Å². The van der Waals surface area contributed by atoms with E-state index in [9.17, 15) is 4.79 Å². The number of halogens is 2. The lowest BCUT2D eigenvalue weighted by Gasteiger charge is -2.31. The molecule has 0 spiro atoms. The maximum absolute atomic E-state index is 14.3. The van der Waals surface area contributed by atoms with Gasteiger partial charge in [0.05, 0.1) is 34.0 Å². The number of ether oxygens (including phenoxy) is 2. The van der Waals surface area contributed by atoms with Gasteiger partial charge in [0.2, 0.25) is 5.88 Å². The van der Waals surface area contributed by atoms with E-state index in [0.29, 0.717) is 71.4 Å². The van der Waals surface area contributed by atoms with Crippen LogP contribution in [-0.2, 0) is 31.0 Å². The highest BCUT2D eigenvalue weighted by atomic mass is 35.5. The van der Waals surface area contributed by atoms with E-state index in [1.165, 1.54) is 0 Å². The molecule has 11 heteroatoms. The minimum atomic E-state index is -1.21. The van der Waals surface area contributed by atoms with Crippen molar-refractivity contribution in [2.45, 2.75) is 72.8 Å². The fraction of sp³-hybridized carbons (Fsp3) is 0.361. The first-order valence-electron chi connectivity index (χ1n) is 15.9. The van der Waals surface area contributed by atoms with Gasteiger partial charge in [-0.15, -0.1) is 0 Å². The van der Waals surface area contributed by atoms with Crippen molar-refractivity contribution in [3.63, 3.8) is 0 Å². The lowest BCUT2D eigenvalue weighted by molar-refractivity contribution is 0.0726. The van der Waals surface area contributed by atoms with Crippen LogP contribution in [0.3, 0.4) is 0 Å². The number of nitrogens with zero attached hydrogens (tertiary/aromatic N) is 4. The summed E-state index contributed by atoms with van der Waals surface area (Å²) in [6, 6.07) is 15.0. The van der Waals surface area contributed by atoms with Crippen molar-refractivity contribution in [3.8, 4) is 17.0 Å². The fourth-order valence-electron chi connectivity index (χ4n) is 6.18. The van der Waals surface area contributed by atoms with Crippen LogP contribution >= 0.6 is 23.2 Å². The van der Waals surface area contributed by atoms with Crippen LogP contribution in [0, 0.1) is 20.8 Å². The molecule has 0 unspecified atom stereocenters. The second-order valence-electron chi connectivity index (χ2n) is 13.4. The molecule has 0 aliphatic carbocycles. The van der Waals surface area contributed by atoms with E-state index in [2.05, 4.69) is 35.4 Å². The van der Waals surface area contributed by atoms with Crippen LogP contribution in [0.15, 0.2) is 53.2 Å². The average molecular weight is 692 g/mol. The molecule has 0 bridgehead atoms. The van der Waals surface area contributed by atoms with E-state index in [4.69, 9.17) is 42.2 Å². The Bertz CT molecular complexity index is 1930. The summed E-state index contributed by atoms with van der Waals surface area (Å²) in [5.41, 5.74) is 6.90. The van der Waals surface area contributed by atoms with Crippen LogP contribution in [0.25, 0.3) is 22.0 Å². The summed E-state index contributed by atoms with van der Waals surface area (Å²) >= 11 is 13.8. The number of aryl methyl sites for hydroxylation is 3. The number of amides is 1. The predicted octanol–water partition coefficient (Wildman–Crippen LogP) is 9.01. The van der Waals surface area contributed by atoms with Gasteiger partial charge >= 0.3 is 0 Å². The molecule has 0 N–H and O–H groups in total. The SMILES string of the molecule is Cc1noc(C)c1-c1cc(Cl)c2c(c1Cl)C(=O)N(Cc1c(OCc3ccccc3)nc(C)c3c1ccn3COCC[Si](C)(C)C)CC2. The first-order valence-corrected chi connectivity index (χ1v) is 20.4. The van der Waals surface area contributed by atoms with Crippen molar-refractivity contribution in [1.82, 2.24) is 19.6 Å². The maximum atomic E-state index is 14.3. The smallest absolute Gasteiger partial charge is 0.256 e. The number of pyridine rings is 1. The molecule has 3 aromatic heterocycles. The molecule has 5 aromatic rings. The quantitative estimate of drug-likeness (QED) is 0.102. The molecule has 8 nitrogen and oxygen atoms in total. The van der Waals surface area contributed by atoms with Gasteiger partial charge in [0.25, 0.3) is 5.91 Å². The molecule has 47 heavy (non-hydrogen) atoms. The fourth-order valence-corrected chi connectivity index (χ4v) is 7.58. The summed E-state index contributed by atoms with van der Waals surface area (Å²) in [7, 11) is -1.21. The number of carbonyl (C=O) groups is 1. The van der Waals surface area contributed by atoms with E-state index in [0.717, 1.165) is 44.9 Å². The van der Waals surface area contributed by atoms with Gasteiger partial charge < -0.3 is 23.5 Å². The predicted molar refractivity (Wildman–Crippen MR) is 189 cm³/mol. The van der Waals surface area contributed by atoms with Gasteiger partial charge in [-0.1, -0.05) is 78.3 Å². The van der Waals surface area contributed by atoms with Gasteiger partial charge in [-0.3, -0.25) is 4.79 Å². The Morgan fingerprint density at radius 2 is 1.79 bits per heavy atom. The zero-order chi connectivity index (χ0) is 33.5. The summed E-state index contributed by atoms with van der Waals surface area (Å²) in [4.78, 5) is 21.1. The largest absolute Gasteiger partial charge is 0.473 e. The Balaban J connectivity index is 1.36. The second kappa shape index (κ2) is 13.5. The van der Waals surface area contributed by atoms with Crippen LogP contribution < -0.4 is 4.74 Å². The summed E-state index contributed by atoms with van der Waals surface area (Å²) < 4.78 is 20.0. The Morgan fingerprint density at radius 3 is 2.49 bits per heavy atom. The number of benzene rings is 2. The molecule has 1 amide bonds.